The molecule has 26 heavy (non-hydrogen) atoms. The summed E-state index contributed by atoms with van der Waals surface area (Å²) in [6.07, 6.45) is 0.697. The molecule has 1 aliphatic heterocycles. The van der Waals surface area contributed by atoms with Crippen molar-refractivity contribution in [3.05, 3.63) is 41.6 Å². The van der Waals surface area contributed by atoms with E-state index in [1.54, 1.807) is 30.3 Å². The molecular weight excluding hydrogens is 337 g/mol. The number of aromatic nitrogens is 1. The largest absolute Gasteiger partial charge is 0.338 e. The van der Waals surface area contributed by atoms with Crippen molar-refractivity contribution in [2.24, 2.45) is 0 Å². The first-order chi connectivity index (χ1) is 12.3. The van der Waals surface area contributed by atoms with Gasteiger partial charge in [-0.3, -0.25) is 19.8 Å². The van der Waals surface area contributed by atoms with E-state index >= 15 is 0 Å². The molecule has 2 heterocycles. The number of carbonyl (C=O) groups is 2. The van der Waals surface area contributed by atoms with Gasteiger partial charge in [-0.2, -0.15) is 0 Å². The van der Waals surface area contributed by atoms with Crippen molar-refractivity contribution in [3.63, 3.8) is 0 Å². The zero-order chi connectivity index (χ0) is 18.9. The first-order valence-corrected chi connectivity index (χ1v) is 8.54. The first kappa shape index (κ1) is 18.1. The number of amides is 2. The summed E-state index contributed by atoms with van der Waals surface area (Å²) in [6.45, 7) is 5.42. The third kappa shape index (κ3) is 3.61. The number of nitrogens with one attached hydrogen (secondary N) is 1. The molecule has 0 saturated carbocycles. The van der Waals surface area contributed by atoms with Crippen LogP contribution in [0, 0.1) is 0 Å². The van der Waals surface area contributed by atoms with Gasteiger partial charge >= 0.3 is 0 Å². The molecule has 7 heteroatoms. The summed E-state index contributed by atoms with van der Waals surface area (Å²) in [5.41, 5.74) is 1.64. The fraction of sp³-hybridized carbons (Fsp3) is 0.421. The Kier molecular flexibility index (Phi) is 4.80. The average Bonchev–Trinajstić information content (AvgIpc) is 3.21. The Balaban J connectivity index is 1.77. The van der Waals surface area contributed by atoms with Crippen LogP contribution >= 0.6 is 0 Å². The minimum atomic E-state index is -0.637. The van der Waals surface area contributed by atoms with Gasteiger partial charge < -0.3 is 4.52 Å². The Labute approximate surface area is 151 Å². The maximum Gasteiger partial charge on any atom is 0.249 e. The highest BCUT2D eigenvalue weighted by molar-refractivity contribution is 6.07. The van der Waals surface area contributed by atoms with E-state index in [1.165, 1.54) is 4.90 Å². The van der Waals surface area contributed by atoms with Crippen LogP contribution in [0.2, 0.25) is 0 Å². The number of hydrogen-bond donors (Lipinski definition) is 1. The van der Waals surface area contributed by atoms with Crippen molar-refractivity contribution < 1.29 is 18.5 Å². The first-order valence-electron chi connectivity index (χ1n) is 8.54. The van der Waals surface area contributed by atoms with Crippen LogP contribution in [-0.4, -0.2) is 23.0 Å². The van der Waals surface area contributed by atoms with E-state index in [9.17, 15) is 14.0 Å². The Bertz CT molecular complexity index is 808. The third-order valence-electron chi connectivity index (χ3n) is 4.41. The normalized spacial score (nSPS) is 17.6. The van der Waals surface area contributed by atoms with Crippen LogP contribution in [0.25, 0.3) is 0 Å². The van der Waals surface area contributed by atoms with Crippen LogP contribution in [0.5, 0.6) is 0 Å². The minimum absolute atomic E-state index is 0.133. The number of alkyl halides is 1. The van der Waals surface area contributed by atoms with E-state index in [1.807, 2.05) is 20.8 Å². The standard InChI is InChI=1S/C19H22FN3O3/c1-19(2,3)15-10-16(26-22-15)21-18(25)14-8-9-17(24)23(14)13-6-4-12(11-20)5-7-13/h4-7,10,14H,8-9,11H2,1-3H3,(H,21,25)/t14-/m0/s1. The van der Waals surface area contributed by atoms with Crippen LogP contribution in [0.3, 0.4) is 0 Å². The molecule has 2 amide bonds. The van der Waals surface area contributed by atoms with Gasteiger partial charge in [0.2, 0.25) is 17.7 Å². The molecule has 138 valence electrons. The molecule has 2 aromatic rings. The third-order valence-corrected chi connectivity index (χ3v) is 4.41. The molecular formula is C19H22FN3O3. The fourth-order valence-corrected chi connectivity index (χ4v) is 2.89. The second-order valence-electron chi connectivity index (χ2n) is 7.43. The van der Waals surface area contributed by atoms with E-state index in [4.69, 9.17) is 4.52 Å². The van der Waals surface area contributed by atoms with Crippen LogP contribution in [0.4, 0.5) is 16.0 Å². The number of hydrogen-bond acceptors (Lipinski definition) is 4. The summed E-state index contributed by atoms with van der Waals surface area (Å²) in [6, 6.07) is 7.59. The number of anilines is 2. The zero-order valence-corrected chi connectivity index (χ0v) is 15.1. The molecule has 0 spiro atoms. The highest BCUT2D eigenvalue weighted by atomic mass is 19.1. The van der Waals surface area contributed by atoms with Crippen molar-refractivity contribution in [2.75, 3.05) is 10.2 Å². The quantitative estimate of drug-likeness (QED) is 0.905. The van der Waals surface area contributed by atoms with Crippen molar-refractivity contribution in [1.82, 2.24) is 5.16 Å². The molecule has 1 aromatic heterocycles. The number of benzene rings is 1. The Hall–Kier alpha value is -2.70. The second kappa shape index (κ2) is 6.90. The summed E-state index contributed by atoms with van der Waals surface area (Å²) in [5.74, 6) is -0.208. The maximum atomic E-state index is 12.7. The molecule has 0 unspecified atom stereocenters. The van der Waals surface area contributed by atoms with Crippen molar-refractivity contribution in [2.45, 2.75) is 51.7 Å². The molecule has 0 aliphatic carbocycles. The number of rotatable bonds is 4. The molecule has 3 rings (SSSR count). The molecule has 0 bridgehead atoms. The van der Waals surface area contributed by atoms with E-state index in [2.05, 4.69) is 10.5 Å². The predicted octanol–water partition coefficient (Wildman–Crippen LogP) is 3.58. The lowest BCUT2D eigenvalue weighted by Crippen LogP contribution is -2.41. The number of nitrogens with zero attached hydrogens (tertiary/aromatic N) is 2. The van der Waals surface area contributed by atoms with Crippen molar-refractivity contribution >= 4 is 23.4 Å². The lowest BCUT2D eigenvalue weighted by atomic mass is 9.92. The Morgan fingerprint density at radius 1 is 1.35 bits per heavy atom. The van der Waals surface area contributed by atoms with Crippen LogP contribution < -0.4 is 10.2 Å². The topological polar surface area (TPSA) is 75.4 Å². The minimum Gasteiger partial charge on any atom is -0.338 e. The fourth-order valence-electron chi connectivity index (χ4n) is 2.89. The van der Waals surface area contributed by atoms with Gasteiger partial charge in [-0.1, -0.05) is 38.1 Å². The molecule has 0 radical (unpaired) electrons. The van der Waals surface area contributed by atoms with E-state index in [0.29, 0.717) is 17.7 Å². The zero-order valence-electron chi connectivity index (χ0n) is 15.1. The summed E-state index contributed by atoms with van der Waals surface area (Å²) in [7, 11) is 0. The van der Waals surface area contributed by atoms with Crippen LogP contribution in [0.15, 0.2) is 34.9 Å². The Morgan fingerprint density at radius 3 is 2.62 bits per heavy atom. The van der Waals surface area contributed by atoms with Crippen molar-refractivity contribution in [3.8, 4) is 0 Å². The van der Waals surface area contributed by atoms with E-state index in [0.717, 1.165) is 5.69 Å². The summed E-state index contributed by atoms with van der Waals surface area (Å²) in [5, 5.41) is 6.67. The molecule has 1 aromatic carbocycles. The Morgan fingerprint density at radius 2 is 2.04 bits per heavy atom. The predicted molar refractivity (Wildman–Crippen MR) is 95.6 cm³/mol. The van der Waals surface area contributed by atoms with Gasteiger partial charge in [0.25, 0.3) is 0 Å². The monoisotopic (exact) mass is 359 g/mol. The molecule has 1 fully saturated rings. The lowest BCUT2D eigenvalue weighted by molar-refractivity contribution is -0.120. The molecule has 1 saturated heterocycles. The van der Waals surface area contributed by atoms with Crippen LogP contribution in [-0.2, 0) is 21.7 Å². The SMILES string of the molecule is CC(C)(C)c1cc(NC(=O)[C@@H]2CCC(=O)N2c2ccc(CF)cc2)on1. The van der Waals surface area contributed by atoms with Gasteiger partial charge in [-0.25, -0.2) is 4.39 Å². The lowest BCUT2D eigenvalue weighted by Gasteiger charge is -2.23. The van der Waals surface area contributed by atoms with Gasteiger partial charge in [0.05, 0.1) is 5.69 Å². The number of halogens is 1. The smallest absolute Gasteiger partial charge is 0.249 e. The summed E-state index contributed by atoms with van der Waals surface area (Å²) >= 11 is 0. The average molecular weight is 359 g/mol. The van der Waals surface area contributed by atoms with Gasteiger partial charge in [-0.15, -0.1) is 0 Å². The second-order valence-corrected chi connectivity index (χ2v) is 7.43. The van der Waals surface area contributed by atoms with Gasteiger partial charge in [0.1, 0.15) is 12.7 Å². The maximum absolute atomic E-state index is 12.7. The highest BCUT2D eigenvalue weighted by Gasteiger charge is 2.37. The molecule has 1 atom stereocenters. The summed E-state index contributed by atoms with van der Waals surface area (Å²) in [4.78, 5) is 26.4. The van der Waals surface area contributed by atoms with Gasteiger partial charge in [-0.05, 0) is 24.1 Å². The van der Waals surface area contributed by atoms with Crippen LogP contribution in [0.1, 0.15) is 44.9 Å². The number of carbonyl (C=O) groups excluding carboxylic acids is 2. The van der Waals surface area contributed by atoms with Crippen molar-refractivity contribution in [1.29, 1.82) is 0 Å². The van der Waals surface area contributed by atoms with E-state index < -0.39 is 12.7 Å². The van der Waals surface area contributed by atoms with E-state index in [-0.39, 0.29) is 29.5 Å². The molecule has 1 aliphatic rings. The molecule has 1 N–H and O–H groups in total. The highest BCUT2D eigenvalue weighted by Crippen LogP contribution is 2.29. The van der Waals surface area contributed by atoms with Gasteiger partial charge in [0.15, 0.2) is 0 Å². The summed E-state index contributed by atoms with van der Waals surface area (Å²) < 4.78 is 17.9. The molecule has 6 nitrogen and oxygen atoms in total. The van der Waals surface area contributed by atoms with Gasteiger partial charge in [0, 0.05) is 23.6 Å².